The van der Waals surface area contributed by atoms with Crippen molar-refractivity contribution >= 4 is 17.6 Å². The zero-order valence-electron chi connectivity index (χ0n) is 13.7. The number of hydrogen-bond donors (Lipinski definition) is 0. The molecule has 128 valence electrons. The first-order valence-corrected chi connectivity index (χ1v) is 8.63. The number of nitrogens with zero attached hydrogens (tertiary/aromatic N) is 2. The van der Waals surface area contributed by atoms with Gasteiger partial charge < -0.3 is 9.15 Å². The number of ether oxygens (including phenoxy) is 1. The highest BCUT2D eigenvalue weighted by Crippen LogP contribution is 2.27. The molecule has 1 aromatic heterocycles. The van der Waals surface area contributed by atoms with E-state index in [9.17, 15) is 4.79 Å². The second-order valence-corrected chi connectivity index (χ2v) is 6.36. The Morgan fingerprint density at radius 3 is 3.08 bits per heavy atom. The normalized spacial score (nSPS) is 18.5. The van der Waals surface area contributed by atoms with Gasteiger partial charge in [0, 0.05) is 13.1 Å². The summed E-state index contributed by atoms with van der Waals surface area (Å²) in [5.41, 5.74) is 1.63. The number of esters is 1. The highest BCUT2D eigenvalue weighted by molar-refractivity contribution is 6.33. The van der Waals surface area contributed by atoms with E-state index in [2.05, 4.69) is 9.88 Å². The number of piperidine rings is 1. The number of likely N-dealkylation sites (tertiary alicyclic amines) is 1. The van der Waals surface area contributed by atoms with Gasteiger partial charge in [-0.1, -0.05) is 23.7 Å². The summed E-state index contributed by atoms with van der Waals surface area (Å²) in [5.74, 6) is 0.377. The number of benzene rings is 1. The Labute approximate surface area is 146 Å². The van der Waals surface area contributed by atoms with Crippen LogP contribution in [0.25, 0.3) is 11.5 Å². The van der Waals surface area contributed by atoms with Gasteiger partial charge in [0.15, 0.2) is 0 Å². The van der Waals surface area contributed by atoms with Crippen molar-refractivity contribution in [2.75, 3.05) is 19.7 Å². The van der Waals surface area contributed by atoms with Crippen LogP contribution in [0.2, 0.25) is 5.02 Å². The average Bonchev–Trinajstić information content (AvgIpc) is 3.04. The number of halogens is 1. The van der Waals surface area contributed by atoms with Crippen molar-refractivity contribution in [2.24, 2.45) is 5.92 Å². The molecule has 1 aliphatic rings. The Kier molecular flexibility index (Phi) is 5.53. The summed E-state index contributed by atoms with van der Waals surface area (Å²) in [5, 5.41) is 0.617. The minimum absolute atomic E-state index is 0.0476. The quantitative estimate of drug-likeness (QED) is 0.770. The fourth-order valence-electron chi connectivity index (χ4n) is 3.02. The number of carbonyl (C=O) groups excluding carboxylic acids is 1. The maximum absolute atomic E-state index is 11.9. The van der Waals surface area contributed by atoms with E-state index in [1.807, 2.05) is 31.2 Å². The summed E-state index contributed by atoms with van der Waals surface area (Å²) >= 11 is 6.18. The standard InChI is InChI=1S/C18H21ClN2O3/c1-2-23-18(22)13-6-5-9-21(10-13)11-14-12-24-17(20-14)15-7-3-4-8-16(15)19/h3-4,7-8,12-13H,2,5-6,9-11H2,1H3. The van der Waals surface area contributed by atoms with Gasteiger partial charge in [0.2, 0.25) is 5.89 Å². The number of aromatic nitrogens is 1. The number of oxazole rings is 1. The highest BCUT2D eigenvalue weighted by Gasteiger charge is 2.27. The SMILES string of the molecule is CCOC(=O)C1CCCN(Cc2coc(-c3ccccc3Cl)n2)C1. The van der Waals surface area contributed by atoms with E-state index in [1.54, 1.807) is 6.26 Å². The molecule has 1 atom stereocenters. The summed E-state index contributed by atoms with van der Waals surface area (Å²) in [6.45, 7) is 4.57. The van der Waals surface area contributed by atoms with Crippen LogP contribution in [0.15, 0.2) is 34.9 Å². The average molecular weight is 349 g/mol. The van der Waals surface area contributed by atoms with Gasteiger partial charge in [0.1, 0.15) is 6.26 Å². The Bertz CT molecular complexity index is 701. The van der Waals surface area contributed by atoms with Crippen molar-refractivity contribution in [1.29, 1.82) is 0 Å². The summed E-state index contributed by atoms with van der Waals surface area (Å²) < 4.78 is 10.7. The molecule has 3 rings (SSSR count). The van der Waals surface area contributed by atoms with Gasteiger partial charge >= 0.3 is 5.97 Å². The van der Waals surface area contributed by atoms with E-state index in [1.165, 1.54) is 0 Å². The van der Waals surface area contributed by atoms with Gasteiger partial charge in [-0.3, -0.25) is 9.69 Å². The molecule has 2 aromatic rings. The molecule has 0 spiro atoms. The smallest absolute Gasteiger partial charge is 0.310 e. The predicted octanol–water partition coefficient (Wildman–Crippen LogP) is 3.77. The molecule has 6 heteroatoms. The van der Waals surface area contributed by atoms with E-state index in [0.717, 1.165) is 30.6 Å². The van der Waals surface area contributed by atoms with Crippen molar-refractivity contribution in [1.82, 2.24) is 9.88 Å². The fourth-order valence-corrected chi connectivity index (χ4v) is 3.24. The fraction of sp³-hybridized carbons (Fsp3) is 0.444. The lowest BCUT2D eigenvalue weighted by molar-refractivity contribution is -0.150. The lowest BCUT2D eigenvalue weighted by Gasteiger charge is -2.30. The molecule has 1 aliphatic heterocycles. The second kappa shape index (κ2) is 7.81. The molecule has 0 aliphatic carbocycles. The molecule has 0 bridgehead atoms. The van der Waals surface area contributed by atoms with Crippen molar-refractivity contribution in [3.05, 3.63) is 41.2 Å². The minimum atomic E-state index is -0.0980. The van der Waals surface area contributed by atoms with Crippen LogP contribution in [0, 0.1) is 5.92 Å². The number of rotatable bonds is 5. The summed E-state index contributed by atoms with van der Waals surface area (Å²) in [4.78, 5) is 18.7. The van der Waals surface area contributed by atoms with E-state index in [-0.39, 0.29) is 11.9 Å². The van der Waals surface area contributed by atoms with Gasteiger partial charge in [-0.2, -0.15) is 0 Å². The van der Waals surface area contributed by atoms with Crippen LogP contribution in [0.3, 0.4) is 0 Å². The Morgan fingerprint density at radius 1 is 1.46 bits per heavy atom. The van der Waals surface area contributed by atoms with Crippen LogP contribution in [-0.4, -0.2) is 35.5 Å². The largest absolute Gasteiger partial charge is 0.466 e. The molecule has 1 saturated heterocycles. The predicted molar refractivity (Wildman–Crippen MR) is 91.6 cm³/mol. The third-order valence-corrected chi connectivity index (χ3v) is 4.50. The molecule has 5 nitrogen and oxygen atoms in total. The van der Waals surface area contributed by atoms with Crippen molar-refractivity contribution in [3.8, 4) is 11.5 Å². The Morgan fingerprint density at radius 2 is 2.29 bits per heavy atom. The zero-order chi connectivity index (χ0) is 16.9. The monoisotopic (exact) mass is 348 g/mol. The topological polar surface area (TPSA) is 55.6 Å². The lowest BCUT2D eigenvalue weighted by atomic mass is 9.98. The summed E-state index contributed by atoms with van der Waals surface area (Å²) in [6, 6.07) is 7.48. The van der Waals surface area contributed by atoms with Crippen LogP contribution in [0.5, 0.6) is 0 Å². The van der Waals surface area contributed by atoms with Crippen LogP contribution >= 0.6 is 11.6 Å². The van der Waals surface area contributed by atoms with Crippen LogP contribution in [-0.2, 0) is 16.1 Å². The Hall–Kier alpha value is -1.85. The molecule has 1 fully saturated rings. The maximum atomic E-state index is 11.9. The molecule has 1 unspecified atom stereocenters. The first-order valence-electron chi connectivity index (χ1n) is 8.25. The molecule has 0 radical (unpaired) electrons. The van der Waals surface area contributed by atoms with Crippen LogP contribution in [0.4, 0.5) is 0 Å². The molecular weight excluding hydrogens is 328 g/mol. The Balaban J connectivity index is 1.64. The molecule has 1 aromatic carbocycles. The first-order chi connectivity index (χ1) is 11.7. The zero-order valence-corrected chi connectivity index (χ0v) is 14.5. The third-order valence-electron chi connectivity index (χ3n) is 4.17. The van der Waals surface area contributed by atoms with Crippen molar-refractivity contribution in [2.45, 2.75) is 26.3 Å². The van der Waals surface area contributed by atoms with Gasteiger partial charge in [-0.25, -0.2) is 4.98 Å². The van der Waals surface area contributed by atoms with E-state index >= 15 is 0 Å². The summed E-state index contributed by atoms with van der Waals surface area (Å²) in [6.07, 6.45) is 3.53. The van der Waals surface area contributed by atoms with Gasteiger partial charge in [-0.05, 0) is 38.4 Å². The molecule has 0 amide bonds. The second-order valence-electron chi connectivity index (χ2n) is 5.95. The van der Waals surface area contributed by atoms with E-state index < -0.39 is 0 Å². The van der Waals surface area contributed by atoms with Crippen molar-refractivity contribution in [3.63, 3.8) is 0 Å². The molecule has 0 N–H and O–H groups in total. The van der Waals surface area contributed by atoms with E-state index in [4.69, 9.17) is 20.8 Å². The van der Waals surface area contributed by atoms with Crippen LogP contribution < -0.4 is 0 Å². The maximum Gasteiger partial charge on any atom is 0.310 e. The number of hydrogen-bond acceptors (Lipinski definition) is 5. The molecule has 2 heterocycles. The third kappa shape index (κ3) is 3.97. The number of carbonyl (C=O) groups is 1. The molecule has 24 heavy (non-hydrogen) atoms. The van der Waals surface area contributed by atoms with E-state index in [0.29, 0.717) is 30.6 Å². The van der Waals surface area contributed by atoms with Gasteiger partial charge in [-0.15, -0.1) is 0 Å². The first kappa shape index (κ1) is 17.0. The lowest BCUT2D eigenvalue weighted by Crippen LogP contribution is -2.39. The van der Waals surface area contributed by atoms with Gasteiger partial charge in [0.05, 0.1) is 28.8 Å². The van der Waals surface area contributed by atoms with Crippen molar-refractivity contribution < 1.29 is 13.9 Å². The molecular formula is C18H21ClN2O3. The highest BCUT2D eigenvalue weighted by atomic mass is 35.5. The van der Waals surface area contributed by atoms with Crippen LogP contribution in [0.1, 0.15) is 25.5 Å². The van der Waals surface area contributed by atoms with Gasteiger partial charge in [0.25, 0.3) is 0 Å². The molecule has 0 saturated carbocycles. The summed E-state index contributed by atoms with van der Waals surface area (Å²) in [7, 11) is 0. The minimum Gasteiger partial charge on any atom is -0.466 e.